The van der Waals surface area contributed by atoms with Crippen LogP contribution in [0.1, 0.15) is 30.7 Å². The Bertz CT molecular complexity index is 532. The molecule has 0 bridgehead atoms. The summed E-state index contributed by atoms with van der Waals surface area (Å²) in [6, 6.07) is 10.2. The van der Waals surface area contributed by atoms with Crippen LogP contribution < -0.4 is 5.32 Å². The summed E-state index contributed by atoms with van der Waals surface area (Å²) in [5, 5.41) is 12.1. The maximum absolute atomic E-state index is 12.2. The van der Waals surface area contributed by atoms with E-state index in [1.54, 1.807) is 4.90 Å². The van der Waals surface area contributed by atoms with Crippen LogP contribution in [-0.2, 0) is 4.79 Å². The maximum Gasteiger partial charge on any atom is 0.317 e. The molecule has 1 aromatic carbocycles. The van der Waals surface area contributed by atoms with E-state index in [-0.39, 0.29) is 12.1 Å². The van der Waals surface area contributed by atoms with Gasteiger partial charge in [-0.25, -0.2) is 4.79 Å². The molecule has 2 unspecified atom stereocenters. The predicted octanol–water partition coefficient (Wildman–Crippen LogP) is 2.05. The van der Waals surface area contributed by atoms with Gasteiger partial charge in [0.25, 0.3) is 0 Å². The smallest absolute Gasteiger partial charge is 0.317 e. The van der Waals surface area contributed by atoms with Crippen molar-refractivity contribution in [1.82, 2.24) is 10.2 Å². The first-order chi connectivity index (χ1) is 10.1. The highest BCUT2D eigenvalue weighted by atomic mass is 16.4. The average Bonchev–Trinajstić information content (AvgIpc) is 3.27. The van der Waals surface area contributed by atoms with Crippen molar-refractivity contribution in [3.63, 3.8) is 0 Å². The van der Waals surface area contributed by atoms with Crippen LogP contribution in [0.15, 0.2) is 30.3 Å². The Kier molecular flexibility index (Phi) is 3.82. The molecule has 112 valence electrons. The lowest BCUT2D eigenvalue weighted by Crippen LogP contribution is -2.47. The normalized spacial score (nSPS) is 28.0. The van der Waals surface area contributed by atoms with Crippen molar-refractivity contribution in [3.8, 4) is 0 Å². The maximum atomic E-state index is 12.2. The number of nitrogens with one attached hydrogen (secondary N) is 1. The van der Waals surface area contributed by atoms with E-state index < -0.39 is 11.9 Å². The minimum Gasteiger partial charge on any atom is -0.481 e. The molecular formula is C16H20N2O3. The minimum absolute atomic E-state index is 0.121. The molecular weight excluding hydrogens is 268 g/mol. The molecule has 1 aliphatic carbocycles. The fraction of sp³-hybridized carbons (Fsp3) is 0.500. The number of urea groups is 1. The van der Waals surface area contributed by atoms with Gasteiger partial charge in [0.15, 0.2) is 0 Å². The van der Waals surface area contributed by atoms with Crippen molar-refractivity contribution < 1.29 is 14.7 Å². The quantitative estimate of drug-likeness (QED) is 0.894. The van der Waals surface area contributed by atoms with E-state index in [9.17, 15) is 9.59 Å². The second kappa shape index (κ2) is 5.76. The van der Waals surface area contributed by atoms with Gasteiger partial charge in [-0.05, 0) is 24.8 Å². The molecule has 1 aromatic rings. The van der Waals surface area contributed by atoms with Crippen LogP contribution in [-0.4, -0.2) is 41.1 Å². The van der Waals surface area contributed by atoms with Crippen molar-refractivity contribution in [1.29, 1.82) is 0 Å². The van der Waals surface area contributed by atoms with Crippen molar-refractivity contribution in [2.75, 3.05) is 13.1 Å². The third kappa shape index (κ3) is 3.17. The number of carbonyl (C=O) groups is 2. The van der Waals surface area contributed by atoms with Gasteiger partial charge in [-0.2, -0.15) is 0 Å². The highest BCUT2D eigenvalue weighted by Gasteiger charge is 2.40. The first-order valence-electron chi connectivity index (χ1n) is 7.48. The summed E-state index contributed by atoms with van der Waals surface area (Å²) in [5.74, 6) is -0.829. The van der Waals surface area contributed by atoms with Crippen LogP contribution in [0.25, 0.3) is 0 Å². The van der Waals surface area contributed by atoms with Crippen molar-refractivity contribution in [2.24, 2.45) is 5.92 Å². The van der Waals surface area contributed by atoms with Crippen molar-refractivity contribution >= 4 is 12.0 Å². The third-order valence-corrected chi connectivity index (χ3v) is 4.38. The molecule has 2 fully saturated rings. The van der Waals surface area contributed by atoms with Gasteiger partial charge in [0, 0.05) is 25.0 Å². The summed E-state index contributed by atoms with van der Waals surface area (Å²) in [6.07, 6.45) is 2.39. The summed E-state index contributed by atoms with van der Waals surface area (Å²) in [7, 11) is 0. The van der Waals surface area contributed by atoms with Gasteiger partial charge in [0.1, 0.15) is 0 Å². The first kappa shape index (κ1) is 13.9. The number of carboxylic acids is 1. The standard InChI is InChI=1S/C16H20N2O3/c19-15(20)12-7-4-8-18(10-12)16(21)17-14-9-13(14)11-5-2-1-3-6-11/h1-3,5-6,12-14H,4,7-10H2,(H,17,21)(H,19,20)/t12-,13?,14?/m1/s1. The summed E-state index contributed by atoms with van der Waals surface area (Å²) < 4.78 is 0. The van der Waals surface area contributed by atoms with Gasteiger partial charge in [-0.1, -0.05) is 30.3 Å². The van der Waals surface area contributed by atoms with Gasteiger partial charge < -0.3 is 15.3 Å². The summed E-state index contributed by atoms with van der Waals surface area (Å²) >= 11 is 0. The molecule has 5 nitrogen and oxygen atoms in total. The Morgan fingerprint density at radius 2 is 2.00 bits per heavy atom. The van der Waals surface area contributed by atoms with Crippen LogP contribution in [0, 0.1) is 5.92 Å². The number of hydrogen-bond acceptors (Lipinski definition) is 2. The number of carbonyl (C=O) groups excluding carboxylic acids is 1. The van der Waals surface area contributed by atoms with Gasteiger partial charge >= 0.3 is 12.0 Å². The van der Waals surface area contributed by atoms with E-state index in [2.05, 4.69) is 17.4 Å². The van der Waals surface area contributed by atoms with Gasteiger partial charge in [-0.15, -0.1) is 0 Å². The Balaban J connectivity index is 1.52. The van der Waals surface area contributed by atoms with E-state index in [0.717, 1.165) is 12.8 Å². The number of likely N-dealkylation sites (tertiary alicyclic amines) is 1. The van der Waals surface area contributed by atoms with Crippen LogP contribution >= 0.6 is 0 Å². The number of rotatable bonds is 3. The fourth-order valence-electron chi connectivity index (χ4n) is 3.04. The molecule has 1 saturated heterocycles. The summed E-state index contributed by atoms with van der Waals surface area (Å²) in [4.78, 5) is 24.9. The van der Waals surface area contributed by atoms with E-state index in [4.69, 9.17) is 5.11 Å². The zero-order valence-electron chi connectivity index (χ0n) is 11.9. The molecule has 5 heteroatoms. The highest BCUT2D eigenvalue weighted by molar-refractivity contribution is 5.77. The van der Waals surface area contributed by atoms with Crippen LogP contribution in [0.3, 0.4) is 0 Å². The monoisotopic (exact) mass is 288 g/mol. The summed E-state index contributed by atoms with van der Waals surface area (Å²) in [5.41, 5.74) is 1.25. The Morgan fingerprint density at radius 1 is 1.24 bits per heavy atom. The topological polar surface area (TPSA) is 69.6 Å². The van der Waals surface area contributed by atoms with Gasteiger partial charge in [0.05, 0.1) is 5.92 Å². The lowest BCUT2D eigenvalue weighted by atomic mass is 9.99. The fourth-order valence-corrected chi connectivity index (χ4v) is 3.04. The molecule has 3 rings (SSSR count). The Labute approximate surface area is 123 Å². The minimum atomic E-state index is -0.805. The molecule has 2 aliphatic rings. The molecule has 1 aliphatic heterocycles. The number of aliphatic carboxylic acids is 1. The third-order valence-electron chi connectivity index (χ3n) is 4.38. The Morgan fingerprint density at radius 3 is 2.71 bits per heavy atom. The van der Waals surface area contributed by atoms with E-state index in [1.165, 1.54) is 5.56 Å². The average molecular weight is 288 g/mol. The zero-order chi connectivity index (χ0) is 14.8. The van der Waals surface area contributed by atoms with E-state index in [1.807, 2.05) is 18.2 Å². The molecule has 2 amide bonds. The second-order valence-corrected chi connectivity index (χ2v) is 5.93. The predicted molar refractivity (Wildman–Crippen MR) is 78.1 cm³/mol. The molecule has 0 aromatic heterocycles. The zero-order valence-corrected chi connectivity index (χ0v) is 11.9. The number of piperidine rings is 1. The molecule has 0 radical (unpaired) electrons. The molecule has 1 heterocycles. The van der Waals surface area contributed by atoms with E-state index in [0.29, 0.717) is 25.4 Å². The van der Waals surface area contributed by atoms with Crippen molar-refractivity contribution in [2.45, 2.75) is 31.2 Å². The first-order valence-corrected chi connectivity index (χ1v) is 7.48. The van der Waals surface area contributed by atoms with Crippen molar-refractivity contribution in [3.05, 3.63) is 35.9 Å². The highest BCUT2D eigenvalue weighted by Crippen LogP contribution is 2.40. The molecule has 0 spiro atoms. The van der Waals surface area contributed by atoms with Crippen LogP contribution in [0.5, 0.6) is 0 Å². The second-order valence-electron chi connectivity index (χ2n) is 5.93. The lowest BCUT2D eigenvalue weighted by Gasteiger charge is -2.30. The number of hydrogen-bond donors (Lipinski definition) is 2. The lowest BCUT2D eigenvalue weighted by molar-refractivity contribution is -0.143. The number of carboxylic acid groups (broad SMARTS) is 1. The molecule has 3 atom stereocenters. The number of amides is 2. The largest absolute Gasteiger partial charge is 0.481 e. The SMILES string of the molecule is O=C(O)[C@@H]1CCCN(C(=O)NC2CC2c2ccccc2)C1. The number of nitrogens with zero attached hydrogens (tertiary/aromatic N) is 1. The summed E-state index contributed by atoms with van der Waals surface area (Å²) in [6.45, 7) is 0.974. The van der Waals surface area contributed by atoms with E-state index >= 15 is 0 Å². The van der Waals surface area contributed by atoms with Gasteiger partial charge in [0.2, 0.25) is 0 Å². The molecule has 2 N–H and O–H groups in total. The molecule has 21 heavy (non-hydrogen) atoms. The Hall–Kier alpha value is -2.04. The van der Waals surface area contributed by atoms with Crippen LogP contribution in [0.2, 0.25) is 0 Å². The van der Waals surface area contributed by atoms with Gasteiger partial charge in [-0.3, -0.25) is 4.79 Å². The van der Waals surface area contributed by atoms with Crippen LogP contribution in [0.4, 0.5) is 4.79 Å². The number of benzene rings is 1. The molecule has 1 saturated carbocycles.